The van der Waals surface area contributed by atoms with Gasteiger partial charge in [-0.25, -0.2) is 0 Å². The number of ether oxygens (including phenoxy) is 1. The van der Waals surface area contributed by atoms with E-state index in [9.17, 15) is 9.90 Å². The van der Waals surface area contributed by atoms with Crippen LogP contribution in [0.3, 0.4) is 0 Å². The van der Waals surface area contributed by atoms with Gasteiger partial charge in [0.1, 0.15) is 5.75 Å². The number of hydrogen-bond acceptors (Lipinski definition) is 3. The van der Waals surface area contributed by atoms with E-state index in [-0.39, 0.29) is 12.5 Å². The summed E-state index contributed by atoms with van der Waals surface area (Å²) in [5.74, 6) is 0.619. The molecular weight excluding hydrogens is 254 g/mol. The SMILES string of the molecule is CCN(C(=O)COc1cc(C)ccc1[C@@H](C)O)C1CC1. The van der Waals surface area contributed by atoms with E-state index in [0.717, 1.165) is 30.5 Å². The Hall–Kier alpha value is -1.55. The molecule has 0 radical (unpaired) electrons. The molecule has 20 heavy (non-hydrogen) atoms. The van der Waals surface area contributed by atoms with Crippen LogP contribution in [0.1, 0.15) is 43.9 Å². The van der Waals surface area contributed by atoms with Crippen LogP contribution < -0.4 is 4.74 Å². The van der Waals surface area contributed by atoms with Crippen LogP contribution in [0.2, 0.25) is 0 Å². The van der Waals surface area contributed by atoms with Crippen LogP contribution in [0, 0.1) is 6.92 Å². The van der Waals surface area contributed by atoms with Crippen LogP contribution in [0.25, 0.3) is 0 Å². The predicted octanol–water partition coefficient (Wildman–Crippen LogP) is 2.44. The molecule has 110 valence electrons. The normalized spacial score (nSPS) is 15.8. The monoisotopic (exact) mass is 277 g/mol. The standard InChI is InChI=1S/C16H23NO3/c1-4-17(13-6-7-13)16(19)10-20-15-9-11(2)5-8-14(15)12(3)18/h5,8-9,12-13,18H,4,6-7,10H2,1-3H3/t12-/m1/s1. The van der Waals surface area contributed by atoms with E-state index in [1.807, 2.05) is 36.9 Å². The van der Waals surface area contributed by atoms with E-state index in [4.69, 9.17) is 4.74 Å². The van der Waals surface area contributed by atoms with Crippen LogP contribution in [-0.2, 0) is 4.79 Å². The summed E-state index contributed by atoms with van der Waals surface area (Å²) in [5, 5.41) is 9.74. The minimum Gasteiger partial charge on any atom is -0.483 e. The van der Waals surface area contributed by atoms with E-state index in [1.165, 1.54) is 0 Å². The molecule has 0 unspecified atom stereocenters. The molecular formula is C16H23NO3. The molecule has 0 saturated heterocycles. The molecule has 0 bridgehead atoms. The molecule has 2 rings (SSSR count). The fourth-order valence-electron chi connectivity index (χ4n) is 2.36. The number of likely N-dealkylation sites (N-methyl/N-ethyl adjacent to an activating group) is 1. The molecule has 0 heterocycles. The summed E-state index contributed by atoms with van der Waals surface area (Å²) >= 11 is 0. The minimum atomic E-state index is -0.605. The Balaban J connectivity index is 2.02. The summed E-state index contributed by atoms with van der Waals surface area (Å²) in [5.41, 5.74) is 1.77. The van der Waals surface area contributed by atoms with Crippen LogP contribution in [0.4, 0.5) is 0 Å². The zero-order valence-electron chi connectivity index (χ0n) is 12.4. The Kier molecular flexibility index (Phi) is 4.65. The van der Waals surface area contributed by atoms with Crippen molar-refractivity contribution in [1.29, 1.82) is 0 Å². The Morgan fingerprint density at radius 1 is 1.50 bits per heavy atom. The fraction of sp³-hybridized carbons (Fsp3) is 0.562. The van der Waals surface area contributed by atoms with Crippen molar-refractivity contribution < 1.29 is 14.6 Å². The average Bonchev–Trinajstić information content (AvgIpc) is 3.21. The van der Waals surface area contributed by atoms with Gasteiger partial charge in [0.15, 0.2) is 6.61 Å². The first-order valence-corrected chi connectivity index (χ1v) is 7.23. The highest BCUT2D eigenvalue weighted by molar-refractivity contribution is 5.78. The first kappa shape index (κ1) is 14.9. The van der Waals surface area contributed by atoms with Gasteiger partial charge in [0.2, 0.25) is 0 Å². The highest BCUT2D eigenvalue weighted by Crippen LogP contribution is 2.28. The quantitative estimate of drug-likeness (QED) is 0.869. The number of aryl methyl sites for hydroxylation is 1. The second-order valence-corrected chi connectivity index (χ2v) is 5.42. The van der Waals surface area contributed by atoms with Crippen LogP contribution >= 0.6 is 0 Å². The largest absolute Gasteiger partial charge is 0.483 e. The molecule has 4 heteroatoms. The van der Waals surface area contributed by atoms with Gasteiger partial charge in [0.25, 0.3) is 5.91 Å². The number of amides is 1. The van der Waals surface area contributed by atoms with Gasteiger partial charge in [-0.05, 0) is 45.2 Å². The predicted molar refractivity (Wildman–Crippen MR) is 77.7 cm³/mol. The van der Waals surface area contributed by atoms with Gasteiger partial charge in [0.05, 0.1) is 6.10 Å². The van der Waals surface area contributed by atoms with E-state index < -0.39 is 6.10 Å². The van der Waals surface area contributed by atoms with Crippen molar-refractivity contribution in [3.8, 4) is 5.75 Å². The smallest absolute Gasteiger partial charge is 0.260 e. The Morgan fingerprint density at radius 2 is 2.20 bits per heavy atom. The van der Waals surface area contributed by atoms with Crippen molar-refractivity contribution in [3.63, 3.8) is 0 Å². The summed E-state index contributed by atoms with van der Waals surface area (Å²) < 4.78 is 5.65. The summed E-state index contributed by atoms with van der Waals surface area (Å²) in [7, 11) is 0. The number of aliphatic hydroxyl groups is 1. The van der Waals surface area contributed by atoms with Gasteiger partial charge in [-0.1, -0.05) is 12.1 Å². The van der Waals surface area contributed by atoms with Gasteiger partial charge >= 0.3 is 0 Å². The molecule has 1 aromatic carbocycles. The molecule has 0 aliphatic heterocycles. The molecule has 1 aliphatic carbocycles. The van der Waals surface area contributed by atoms with Crippen molar-refractivity contribution in [1.82, 2.24) is 4.90 Å². The number of rotatable bonds is 6. The summed E-state index contributed by atoms with van der Waals surface area (Å²) in [4.78, 5) is 14.0. The summed E-state index contributed by atoms with van der Waals surface area (Å²) in [6.45, 7) is 6.41. The summed E-state index contributed by atoms with van der Waals surface area (Å²) in [6, 6.07) is 6.05. The molecule has 1 amide bonds. The highest BCUT2D eigenvalue weighted by atomic mass is 16.5. The first-order valence-electron chi connectivity index (χ1n) is 7.23. The van der Waals surface area contributed by atoms with Crippen LogP contribution in [0.15, 0.2) is 18.2 Å². The Morgan fingerprint density at radius 3 is 2.75 bits per heavy atom. The third-order valence-corrected chi connectivity index (χ3v) is 3.62. The van der Waals surface area contributed by atoms with E-state index in [2.05, 4.69) is 0 Å². The fourth-order valence-corrected chi connectivity index (χ4v) is 2.36. The molecule has 1 aliphatic rings. The number of aliphatic hydroxyl groups excluding tert-OH is 1. The second kappa shape index (κ2) is 6.27. The third kappa shape index (κ3) is 3.51. The maximum Gasteiger partial charge on any atom is 0.260 e. The number of carbonyl (C=O) groups excluding carboxylic acids is 1. The molecule has 1 N–H and O–H groups in total. The number of nitrogens with zero attached hydrogens (tertiary/aromatic N) is 1. The number of hydrogen-bond donors (Lipinski definition) is 1. The van der Waals surface area contributed by atoms with Crippen molar-refractivity contribution >= 4 is 5.91 Å². The van der Waals surface area contributed by atoms with Crippen LogP contribution in [-0.4, -0.2) is 35.1 Å². The molecule has 1 aromatic rings. The maximum atomic E-state index is 12.1. The molecule has 4 nitrogen and oxygen atoms in total. The second-order valence-electron chi connectivity index (χ2n) is 5.42. The van der Waals surface area contributed by atoms with Gasteiger partial charge in [-0.2, -0.15) is 0 Å². The van der Waals surface area contributed by atoms with Crippen LogP contribution in [0.5, 0.6) is 5.75 Å². The van der Waals surface area contributed by atoms with Crippen molar-refractivity contribution in [2.45, 2.75) is 45.8 Å². The average molecular weight is 277 g/mol. The van der Waals surface area contributed by atoms with Crippen molar-refractivity contribution in [2.24, 2.45) is 0 Å². The molecule has 0 aromatic heterocycles. The highest BCUT2D eigenvalue weighted by Gasteiger charge is 2.31. The van der Waals surface area contributed by atoms with E-state index in [0.29, 0.717) is 11.8 Å². The first-order chi connectivity index (χ1) is 9.52. The minimum absolute atomic E-state index is 0.0213. The van der Waals surface area contributed by atoms with Crippen molar-refractivity contribution in [2.75, 3.05) is 13.2 Å². The van der Waals surface area contributed by atoms with Gasteiger partial charge in [-0.15, -0.1) is 0 Å². The van der Waals surface area contributed by atoms with Gasteiger partial charge in [0, 0.05) is 18.2 Å². The lowest BCUT2D eigenvalue weighted by atomic mass is 10.1. The lowest BCUT2D eigenvalue weighted by Crippen LogP contribution is -2.36. The number of benzene rings is 1. The lowest BCUT2D eigenvalue weighted by Gasteiger charge is -2.21. The lowest BCUT2D eigenvalue weighted by molar-refractivity contribution is -0.133. The maximum absolute atomic E-state index is 12.1. The van der Waals surface area contributed by atoms with Gasteiger partial charge in [-0.3, -0.25) is 4.79 Å². The van der Waals surface area contributed by atoms with Crippen molar-refractivity contribution in [3.05, 3.63) is 29.3 Å². The van der Waals surface area contributed by atoms with E-state index in [1.54, 1.807) is 6.92 Å². The molecule has 1 atom stereocenters. The van der Waals surface area contributed by atoms with E-state index >= 15 is 0 Å². The number of carbonyl (C=O) groups is 1. The molecule has 0 spiro atoms. The third-order valence-electron chi connectivity index (χ3n) is 3.62. The zero-order valence-corrected chi connectivity index (χ0v) is 12.4. The van der Waals surface area contributed by atoms with Gasteiger partial charge < -0.3 is 14.7 Å². The molecule has 1 fully saturated rings. The molecule has 1 saturated carbocycles. The Bertz CT molecular complexity index is 481. The summed E-state index contributed by atoms with van der Waals surface area (Å²) in [6.07, 6.45) is 1.60. The zero-order chi connectivity index (χ0) is 14.7. The Labute approximate surface area is 120 Å². The topological polar surface area (TPSA) is 49.8 Å².